The molecule has 0 saturated carbocycles. The van der Waals surface area contributed by atoms with Gasteiger partial charge in [-0.25, -0.2) is 4.39 Å². The van der Waals surface area contributed by atoms with Gasteiger partial charge in [-0.15, -0.1) is 0 Å². The van der Waals surface area contributed by atoms with Crippen molar-refractivity contribution in [2.75, 3.05) is 6.54 Å². The van der Waals surface area contributed by atoms with E-state index in [1.807, 2.05) is 13.0 Å². The van der Waals surface area contributed by atoms with Crippen molar-refractivity contribution in [3.63, 3.8) is 0 Å². The third-order valence-electron chi connectivity index (χ3n) is 3.50. The van der Waals surface area contributed by atoms with Gasteiger partial charge in [-0.2, -0.15) is 0 Å². The van der Waals surface area contributed by atoms with Crippen LogP contribution in [0.15, 0.2) is 36.5 Å². The molecule has 2 rings (SSSR count). The van der Waals surface area contributed by atoms with Gasteiger partial charge in [0.25, 0.3) is 0 Å². The average molecular weight is 307 g/mol. The number of aryl methyl sites for hydroxylation is 1. The molecule has 1 aromatic carbocycles. The number of pyridine rings is 1. The predicted molar refractivity (Wildman–Crippen MR) is 85.1 cm³/mol. The lowest BCUT2D eigenvalue weighted by molar-refractivity contribution is 0.524. The van der Waals surface area contributed by atoms with E-state index in [0.29, 0.717) is 11.4 Å². The molecule has 0 aliphatic rings. The highest BCUT2D eigenvalue weighted by molar-refractivity contribution is 6.31. The highest BCUT2D eigenvalue weighted by Gasteiger charge is 2.16. The number of aromatic nitrogens is 1. The summed E-state index contributed by atoms with van der Waals surface area (Å²) in [5, 5.41) is 4.00. The van der Waals surface area contributed by atoms with Gasteiger partial charge < -0.3 is 5.32 Å². The topological polar surface area (TPSA) is 24.9 Å². The fourth-order valence-electron chi connectivity index (χ4n) is 2.38. The Morgan fingerprint density at radius 3 is 2.81 bits per heavy atom. The van der Waals surface area contributed by atoms with E-state index in [1.165, 1.54) is 12.1 Å². The first-order valence-electron chi connectivity index (χ1n) is 7.20. The SMILES string of the molecule is CCCNC(Cc1ccc(F)cc1Cl)c1cccnc1C. The zero-order valence-electron chi connectivity index (χ0n) is 12.4. The van der Waals surface area contributed by atoms with Gasteiger partial charge in [0.2, 0.25) is 0 Å². The Hall–Kier alpha value is -1.45. The number of benzene rings is 1. The molecule has 112 valence electrons. The maximum Gasteiger partial charge on any atom is 0.124 e. The molecule has 1 unspecified atom stereocenters. The molecule has 0 bridgehead atoms. The second kappa shape index (κ2) is 7.53. The van der Waals surface area contributed by atoms with Crippen LogP contribution in [-0.2, 0) is 6.42 Å². The monoisotopic (exact) mass is 306 g/mol. The summed E-state index contributed by atoms with van der Waals surface area (Å²) in [7, 11) is 0. The van der Waals surface area contributed by atoms with Crippen molar-refractivity contribution in [3.8, 4) is 0 Å². The molecule has 0 aliphatic heterocycles. The predicted octanol–water partition coefficient (Wildman–Crippen LogP) is 4.47. The molecule has 0 fully saturated rings. The van der Waals surface area contributed by atoms with E-state index in [2.05, 4.69) is 23.3 Å². The van der Waals surface area contributed by atoms with Crippen molar-refractivity contribution < 1.29 is 4.39 Å². The van der Waals surface area contributed by atoms with Gasteiger partial charge in [0.05, 0.1) is 0 Å². The van der Waals surface area contributed by atoms with Crippen LogP contribution < -0.4 is 5.32 Å². The van der Waals surface area contributed by atoms with Gasteiger partial charge in [0.15, 0.2) is 0 Å². The fourth-order valence-corrected chi connectivity index (χ4v) is 2.63. The number of halogens is 2. The quantitative estimate of drug-likeness (QED) is 0.852. The fraction of sp³-hybridized carbons (Fsp3) is 0.353. The van der Waals surface area contributed by atoms with E-state index in [-0.39, 0.29) is 11.9 Å². The van der Waals surface area contributed by atoms with Gasteiger partial charge in [-0.3, -0.25) is 4.98 Å². The first kappa shape index (κ1) is 15.9. The maximum atomic E-state index is 13.2. The Morgan fingerprint density at radius 2 is 2.14 bits per heavy atom. The summed E-state index contributed by atoms with van der Waals surface area (Å²) >= 11 is 6.15. The molecule has 0 saturated heterocycles. The first-order valence-corrected chi connectivity index (χ1v) is 7.58. The van der Waals surface area contributed by atoms with Crippen LogP contribution in [0.25, 0.3) is 0 Å². The number of hydrogen-bond donors (Lipinski definition) is 1. The van der Waals surface area contributed by atoms with Gasteiger partial charge in [-0.05, 0) is 55.6 Å². The van der Waals surface area contributed by atoms with E-state index in [9.17, 15) is 4.39 Å². The van der Waals surface area contributed by atoms with E-state index in [0.717, 1.165) is 29.8 Å². The Morgan fingerprint density at radius 1 is 1.33 bits per heavy atom. The number of nitrogens with one attached hydrogen (secondary N) is 1. The molecule has 2 nitrogen and oxygen atoms in total. The first-order chi connectivity index (χ1) is 10.1. The van der Waals surface area contributed by atoms with Gasteiger partial charge in [0, 0.05) is 23.0 Å². The third kappa shape index (κ3) is 4.26. The molecule has 2 aromatic rings. The average Bonchev–Trinajstić information content (AvgIpc) is 2.46. The minimum atomic E-state index is -0.306. The molecule has 0 radical (unpaired) electrons. The van der Waals surface area contributed by atoms with Crippen molar-refractivity contribution in [1.29, 1.82) is 0 Å². The number of nitrogens with zero attached hydrogens (tertiary/aromatic N) is 1. The Labute approximate surface area is 130 Å². The van der Waals surface area contributed by atoms with Crippen LogP contribution in [0.2, 0.25) is 5.02 Å². The smallest absolute Gasteiger partial charge is 0.124 e. The summed E-state index contributed by atoms with van der Waals surface area (Å²) in [5.41, 5.74) is 3.10. The van der Waals surface area contributed by atoms with Crippen LogP contribution in [0, 0.1) is 12.7 Å². The van der Waals surface area contributed by atoms with Gasteiger partial charge >= 0.3 is 0 Å². The molecule has 0 aliphatic carbocycles. The molecule has 4 heteroatoms. The normalized spacial score (nSPS) is 12.4. The molecule has 1 atom stereocenters. The van der Waals surface area contributed by atoms with Crippen molar-refractivity contribution in [2.45, 2.75) is 32.7 Å². The Balaban J connectivity index is 2.26. The van der Waals surface area contributed by atoms with Crippen LogP contribution >= 0.6 is 11.6 Å². The van der Waals surface area contributed by atoms with Crippen molar-refractivity contribution >= 4 is 11.6 Å². The van der Waals surface area contributed by atoms with Crippen LogP contribution in [0.5, 0.6) is 0 Å². The highest BCUT2D eigenvalue weighted by Crippen LogP contribution is 2.25. The second-order valence-electron chi connectivity index (χ2n) is 5.12. The van der Waals surface area contributed by atoms with Crippen LogP contribution in [0.1, 0.15) is 36.2 Å². The van der Waals surface area contributed by atoms with E-state index >= 15 is 0 Å². The molecular weight excluding hydrogens is 287 g/mol. The maximum absolute atomic E-state index is 13.2. The molecule has 0 amide bonds. The van der Waals surface area contributed by atoms with Crippen molar-refractivity contribution in [2.24, 2.45) is 0 Å². The van der Waals surface area contributed by atoms with Crippen LogP contribution in [-0.4, -0.2) is 11.5 Å². The van der Waals surface area contributed by atoms with E-state index in [4.69, 9.17) is 11.6 Å². The lowest BCUT2D eigenvalue weighted by atomic mass is 9.97. The molecule has 0 spiro atoms. The third-order valence-corrected chi connectivity index (χ3v) is 3.85. The zero-order valence-corrected chi connectivity index (χ0v) is 13.1. The van der Waals surface area contributed by atoms with Crippen molar-refractivity contribution in [1.82, 2.24) is 10.3 Å². The summed E-state index contributed by atoms with van der Waals surface area (Å²) in [6.45, 7) is 5.05. The molecule has 21 heavy (non-hydrogen) atoms. The summed E-state index contributed by atoms with van der Waals surface area (Å²) in [6, 6.07) is 8.71. The number of hydrogen-bond acceptors (Lipinski definition) is 2. The summed E-state index contributed by atoms with van der Waals surface area (Å²) in [5.74, 6) is -0.306. The lowest BCUT2D eigenvalue weighted by Gasteiger charge is -2.21. The summed E-state index contributed by atoms with van der Waals surface area (Å²) < 4.78 is 13.2. The van der Waals surface area contributed by atoms with E-state index in [1.54, 1.807) is 12.3 Å². The van der Waals surface area contributed by atoms with E-state index < -0.39 is 0 Å². The van der Waals surface area contributed by atoms with Crippen LogP contribution in [0.4, 0.5) is 4.39 Å². The number of rotatable bonds is 6. The highest BCUT2D eigenvalue weighted by atomic mass is 35.5. The molecule has 1 heterocycles. The Kier molecular flexibility index (Phi) is 5.71. The van der Waals surface area contributed by atoms with Crippen LogP contribution in [0.3, 0.4) is 0 Å². The minimum Gasteiger partial charge on any atom is -0.310 e. The summed E-state index contributed by atoms with van der Waals surface area (Å²) in [4.78, 5) is 4.35. The van der Waals surface area contributed by atoms with Gasteiger partial charge in [-0.1, -0.05) is 30.7 Å². The lowest BCUT2D eigenvalue weighted by Crippen LogP contribution is -2.25. The summed E-state index contributed by atoms with van der Waals surface area (Å²) in [6.07, 6.45) is 3.55. The van der Waals surface area contributed by atoms with Gasteiger partial charge in [0.1, 0.15) is 5.82 Å². The Bertz CT molecular complexity index is 601. The molecule has 1 aromatic heterocycles. The molecular formula is C17H20ClFN2. The standard InChI is InChI=1S/C17H20ClFN2/c1-3-8-21-17(15-5-4-9-20-12(15)2)10-13-6-7-14(19)11-16(13)18/h4-7,9,11,17,21H,3,8,10H2,1-2H3. The largest absolute Gasteiger partial charge is 0.310 e. The molecule has 1 N–H and O–H groups in total. The minimum absolute atomic E-state index is 0.126. The zero-order chi connectivity index (χ0) is 15.2. The van der Waals surface area contributed by atoms with Crippen molar-refractivity contribution in [3.05, 3.63) is 64.2 Å². The second-order valence-corrected chi connectivity index (χ2v) is 5.53.